The van der Waals surface area contributed by atoms with Crippen LogP contribution in [0.3, 0.4) is 0 Å². The monoisotopic (exact) mass is 485 g/mol. The predicted octanol–water partition coefficient (Wildman–Crippen LogP) is 7.06. The number of rotatable bonds is 7. The lowest BCUT2D eigenvalue weighted by molar-refractivity contribution is -0.403. The maximum atomic E-state index is 12.0. The fourth-order valence-corrected chi connectivity index (χ4v) is 3.46. The third kappa shape index (κ3) is 5.22. The van der Waals surface area contributed by atoms with Crippen LogP contribution in [-0.4, -0.2) is 14.8 Å². The maximum absolute atomic E-state index is 12.0. The van der Waals surface area contributed by atoms with E-state index in [1.165, 1.54) is 12.2 Å². The molecule has 0 atom stereocenters. The number of nitro benzene ring substituents is 3. The zero-order valence-electron chi connectivity index (χ0n) is 16.6. The maximum Gasteiger partial charge on any atom is 0.297 e. The van der Waals surface area contributed by atoms with Crippen molar-refractivity contribution in [2.75, 3.05) is 0 Å². The molecule has 0 fully saturated rings. The average molecular weight is 486 g/mol. The van der Waals surface area contributed by atoms with E-state index in [4.69, 9.17) is 23.2 Å². The van der Waals surface area contributed by atoms with E-state index in [-0.39, 0.29) is 0 Å². The molecule has 0 aliphatic carbocycles. The van der Waals surface area contributed by atoms with Crippen molar-refractivity contribution >= 4 is 64.6 Å². The molecule has 3 rings (SSSR count). The van der Waals surface area contributed by atoms with E-state index < -0.39 is 43.0 Å². The van der Waals surface area contributed by atoms with Crippen LogP contribution in [0.25, 0.3) is 24.3 Å². The summed E-state index contributed by atoms with van der Waals surface area (Å²) >= 11 is 12.2. The molecule has 0 aliphatic rings. The van der Waals surface area contributed by atoms with E-state index in [0.717, 1.165) is 12.2 Å². The van der Waals surface area contributed by atoms with Gasteiger partial charge in [-0.1, -0.05) is 71.8 Å². The minimum absolute atomic E-state index is 0.319. The Labute approximate surface area is 196 Å². The van der Waals surface area contributed by atoms with Gasteiger partial charge in [0.25, 0.3) is 17.1 Å². The van der Waals surface area contributed by atoms with Gasteiger partial charge in [-0.25, -0.2) is 0 Å². The standard InChI is InChI=1S/C22H13Cl2N3O6/c23-18-7-3-1-5-14(18)9-11-16-20(25(28)29)13-21(26(30)31)17(22(16)27(32)33)12-10-15-6-2-4-8-19(15)24/h1-13H. The Bertz CT molecular complexity index is 1250. The highest BCUT2D eigenvalue weighted by atomic mass is 35.5. The van der Waals surface area contributed by atoms with E-state index in [1.807, 2.05) is 0 Å². The van der Waals surface area contributed by atoms with Crippen LogP contribution in [0.1, 0.15) is 22.3 Å². The summed E-state index contributed by atoms with van der Waals surface area (Å²) in [4.78, 5) is 32.6. The molecule has 0 aliphatic heterocycles. The van der Waals surface area contributed by atoms with Crippen molar-refractivity contribution in [1.82, 2.24) is 0 Å². The first kappa shape index (κ1) is 23.6. The number of halogens is 2. The Morgan fingerprint density at radius 2 is 1.00 bits per heavy atom. The van der Waals surface area contributed by atoms with Crippen LogP contribution in [0.15, 0.2) is 54.6 Å². The van der Waals surface area contributed by atoms with Gasteiger partial charge in [0.1, 0.15) is 11.1 Å². The van der Waals surface area contributed by atoms with Crippen LogP contribution >= 0.6 is 23.2 Å². The van der Waals surface area contributed by atoms with E-state index in [1.54, 1.807) is 48.5 Å². The average Bonchev–Trinajstić information content (AvgIpc) is 2.76. The molecule has 0 bridgehead atoms. The Morgan fingerprint density at radius 3 is 1.33 bits per heavy atom. The lowest BCUT2D eigenvalue weighted by Crippen LogP contribution is -2.04. The molecule has 0 unspecified atom stereocenters. The normalized spacial score (nSPS) is 11.2. The minimum Gasteiger partial charge on any atom is -0.258 e. The molecule has 0 saturated carbocycles. The third-order valence-electron chi connectivity index (χ3n) is 4.58. The number of hydrogen-bond donors (Lipinski definition) is 0. The Morgan fingerprint density at radius 1 is 0.606 bits per heavy atom. The number of benzene rings is 3. The summed E-state index contributed by atoms with van der Waals surface area (Å²) in [6, 6.07) is 13.8. The first-order chi connectivity index (χ1) is 15.7. The van der Waals surface area contributed by atoms with E-state index >= 15 is 0 Å². The molecule has 0 N–H and O–H groups in total. The highest BCUT2D eigenvalue weighted by molar-refractivity contribution is 6.32. The van der Waals surface area contributed by atoms with Gasteiger partial charge in [-0.05, 0) is 35.4 Å². The highest BCUT2D eigenvalue weighted by Gasteiger charge is 2.34. The lowest BCUT2D eigenvalue weighted by atomic mass is 10.00. The SMILES string of the molecule is O=[N+]([O-])c1cc([N+](=O)[O-])c(C=Cc2ccccc2Cl)c([N+](=O)[O-])c1C=Cc1ccccc1Cl. The molecule has 0 saturated heterocycles. The summed E-state index contributed by atoms with van der Waals surface area (Å²) in [6.07, 6.45) is 5.03. The van der Waals surface area contributed by atoms with Crippen LogP contribution in [0.4, 0.5) is 17.1 Å². The second-order valence-electron chi connectivity index (χ2n) is 6.57. The van der Waals surface area contributed by atoms with Crippen LogP contribution in [0, 0.1) is 30.3 Å². The van der Waals surface area contributed by atoms with Crippen LogP contribution in [-0.2, 0) is 0 Å². The van der Waals surface area contributed by atoms with Crippen molar-refractivity contribution in [2.24, 2.45) is 0 Å². The van der Waals surface area contributed by atoms with E-state index in [2.05, 4.69) is 0 Å². The quantitative estimate of drug-likeness (QED) is 0.200. The van der Waals surface area contributed by atoms with E-state index in [0.29, 0.717) is 27.2 Å². The zero-order chi connectivity index (χ0) is 24.1. The highest BCUT2D eigenvalue weighted by Crippen LogP contribution is 2.41. The van der Waals surface area contributed by atoms with E-state index in [9.17, 15) is 30.3 Å². The summed E-state index contributed by atoms with van der Waals surface area (Å²) < 4.78 is 0. The number of nitro groups is 3. The molecule has 33 heavy (non-hydrogen) atoms. The molecule has 9 nitrogen and oxygen atoms in total. The Kier molecular flexibility index (Phi) is 7.17. The lowest BCUT2D eigenvalue weighted by Gasteiger charge is -2.06. The van der Waals surface area contributed by atoms with Gasteiger partial charge in [0.05, 0.1) is 20.8 Å². The molecular weight excluding hydrogens is 473 g/mol. The topological polar surface area (TPSA) is 129 Å². The molecule has 0 spiro atoms. The smallest absolute Gasteiger partial charge is 0.258 e. The van der Waals surface area contributed by atoms with Gasteiger partial charge >= 0.3 is 0 Å². The van der Waals surface area contributed by atoms with Crippen molar-refractivity contribution in [3.63, 3.8) is 0 Å². The largest absolute Gasteiger partial charge is 0.297 e. The van der Waals surface area contributed by atoms with Gasteiger partial charge in [0, 0.05) is 10.0 Å². The third-order valence-corrected chi connectivity index (χ3v) is 5.27. The second-order valence-corrected chi connectivity index (χ2v) is 7.39. The van der Waals surface area contributed by atoms with Gasteiger partial charge in [-0.2, -0.15) is 0 Å². The van der Waals surface area contributed by atoms with Gasteiger partial charge in [-0.15, -0.1) is 0 Å². The molecule has 0 radical (unpaired) electrons. The molecule has 0 heterocycles. The first-order valence-corrected chi connectivity index (χ1v) is 9.95. The molecule has 0 aromatic heterocycles. The van der Waals surface area contributed by atoms with Gasteiger partial charge in [0.15, 0.2) is 0 Å². The molecule has 11 heteroatoms. The fourth-order valence-electron chi connectivity index (χ4n) is 3.07. The van der Waals surface area contributed by atoms with Crippen molar-refractivity contribution in [2.45, 2.75) is 0 Å². The molecule has 3 aromatic rings. The summed E-state index contributed by atoms with van der Waals surface area (Å²) in [5, 5.41) is 35.9. The minimum atomic E-state index is -0.909. The van der Waals surface area contributed by atoms with Crippen molar-refractivity contribution < 1.29 is 14.8 Å². The van der Waals surface area contributed by atoms with Crippen LogP contribution < -0.4 is 0 Å². The Hall–Kier alpha value is -4.08. The molecular formula is C22H13Cl2N3O6. The summed E-state index contributed by atoms with van der Waals surface area (Å²) in [5.41, 5.74) is -2.27. The summed E-state index contributed by atoms with van der Waals surface area (Å²) in [6.45, 7) is 0. The van der Waals surface area contributed by atoms with Crippen LogP contribution in [0.2, 0.25) is 10.0 Å². The number of nitrogens with zero attached hydrogens (tertiary/aromatic N) is 3. The zero-order valence-corrected chi connectivity index (χ0v) is 18.1. The van der Waals surface area contributed by atoms with Crippen molar-refractivity contribution in [3.05, 3.63) is 117 Å². The van der Waals surface area contributed by atoms with Crippen molar-refractivity contribution in [3.8, 4) is 0 Å². The molecule has 3 aromatic carbocycles. The first-order valence-electron chi connectivity index (χ1n) is 9.20. The van der Waals surface area contributed by atoms with Gasteiger partial charge in [0.2, 0.25) is 0 Å². The fraction of sp³-hybridized carbons (Fsp3) is 0. The molecule has 166 valence electrons. The number of hydrogen-bond acceptors (Lipinski definition) is 6. The summed E-state index contributed by atoms with van der Waals surface area (Å²) in [5.74, 6) is 0. The van der Waals surface area contributed by atoms with Gasteiger partial charge < -0.3 is 0 Å². The summed E-state index contributed by atoms with van der Waals surface area (Å²) in [7, 11) is 0. The predicted molar refractivity (Wildman–Crippen MR) is 127 cm³/mol. The van der Waals surface area contributed by atoms with Crippen LogP contribution in [0.5, 0.6) is 0 Å². The van der Waals surface area contributed by atoms with Crippen molar-refractivity contribution in [1.29, 1.82) is 0 Å². The Balaban J connectivity index is 2.31. The second kappa shape index (κ2) is 10.0. The molecule has 0 amide bonds. The van der Waals surface area contributed by atoms with Gasteiger partial charge in [-0.3, -0.25) is 30.3 Å².